The van der Waals surface area contributed by atoms with E-state index in [0.29, 0.717) is 5.75 Å². The van der Waals surface area contributed by atoms with Gasteiger partial charge in [0.05, 0.1) is 5.92 Å². The predicted octanol–water partition coefficient (Wildman–Crippen LogP) is 5.07. The summed E-state index contributed by atoms with van der Waals surface area (Å²) in [5.41, 5.74) is 3.99. The van der Waals surface area contributed by atoms with Crippen molar-refractivity contribution in [3.8, 4) is 0 Å². The molecule has 0 aliphatic heterocycles. The first-order valence-corrected chi connectivity index (χ1v) is 11.9. The van der Waals surface area contributed by atoms with Crippen molar-refractivity contribution in [3.63, 3.8) is 0 Å². The van der Waals surface area contributed by atoms with Crippen molar-refractivity contribution in [2.75, 3.05) is 11.5 Å². The minimum Gasteiger partial charge on any atom is -0.481 e. The van der Waals surface area contributed by atoms with Gasteiger partial charge in [0.1, 0.15) is 6.04 Å². The van der Waals surface area contributed by atoms with E-state index in [9.17, 15) is 19.5 Å². The van der Waals surface area contributed by atoms with Crippen LogP contribution in [-0.2, 0) is 14.4 Å². The van der Waals surface area contributed by atoms with Crippen molar-refractivity contribution in [1.29, 1.82) is 0 Å². The van der Waals surface area contributed by atoms with Gasteiger partial charge in [0.2, 0.25) is 5.91 Å². The largest absolute Gasteiger partial charge is 0.481 e. The Morgan fingerprint density at radius 3 is 1.90 bits per heavy atom. The molecule has 0 unspecified atom stereocenters. The lowest BCUT2D eigenvalue weighted by molar-refractivity contribution is -0.147. The number of hydrogen-bond acceptors (Lipinski definition) is 4. The lowest BCUT2D eigenvalue weighted by Gasteiger charge is -2.19. The van der Waals surface area contributed by atoms with Gasteiger partial charge in [-0.05, 0) is 53.4 Å². The quantitative estimate of drug-likeness (QED) is 0.236. The maximum Gasteiger partial charge on any atom is 0.327 e. The van der Waals surface area contributed by atoms with E-state index in [0.717, 1.165) is 25.7 Å². The second-order valence-electron chi connectivity index (χ2n) is 8.31. The van der Waals surface area contributed by atoms with Gasteiger partial charge in [0.25, 0.3) is 0 Å². The van der Waals surface area contributed by atoms with Crippen LogP contribution in [0, 0.1) is 11.8 Å². The van der Waals surface area contributed by atoms with Gasteiger partial charge in [-0.2, -0.15) is 11.8 Å². The summed E-state index contributed by atoms with van der Waals surface area (Å²) in [4.78, 5) is 34.6. The van der Waals surface area contributed by atoms with Gasteiger partial charge in [-0.25, -0.2) is 4.79 Å². The van der Waals surface area contributed by atoms with Gasteiger partial charge < -0.3 is 15.5 Å². The molecule has 0 fully saturated rings. The number of rotatable bonds is 15. The molecule has 6 nitrogen and oxygen atoms in total. The maximum atomic E-state index is 12.1. The number of carbonyl (C=O) groups is 3. The minimum atomic E-state index is -1.12. The second kappa shape index (κ2) is 15.7. The van der Waals surface area contributed by atoms with E-state index < -0.39 is 35.7 Å². The molecule has 176 valence electrons. The first kappa shape index (κ1) is 29.0. The van der Waals surface area contributed by atoms with Crippen LogP contribution < -0.4 is 5.32 Å². The predicted molar refractivity (Wildman–Crippen MR) is 128 cm³/mol. The SMILES string of the molecule is CC(C)=CCC/C(C)=C/CC/C(C)=C/CSC[C@H](NC(=O)[C@H](C)[C@H](C)C(=O)O)C(=O)O. The Morgan fingerprint density at radius 2 is 1.39 bits per heavy atom. The van der Waals surface area contributed by atoms with E-state index in [4.69, 9.17) is 5.11 Å². The number of hydrogen-bond donors (Lipinski definition) is 3. The molecule has 1 amide bonds. The molecule has 0 heterocycles. The van der Waals surface area contributed by atoms with Crippen LogP contribution in [0.25, 0.3) is 0 Å². The summed E-state index contributed by atoms with van der Waals surface area (Å²) in [5, 5.41) is 20.8. The molecule has 0 aliphatic carbocycles. The van der Waals surface area contributed by atoms with Crippen LogP contribution in [0.2, 0.25) is 0 Å². The third kappa shape index (κ3) is 13.8. The highest BCUT2D eigenvalue weighted by atomic mass is 32.2. The third-order valence-electron chi connectivity index (χ3n) is 5.12. The number of allylic oxidation sites excluding steroid dienone is 5. The van der Waals surface area contributed by atoms with Crippen LogP contribution in [0.4, 0.5) is 0 Å². The average molecular weight is 454 g/mol. The zero-order valence-electron chi connectivity index (χ0n) is 19.7. The van der Waals surface area contributed by atoms with Crippen molar-refractivity contribution in [2.45, 2.75) is 73.3 Å². The number of thioether (sulfide) groups is 1. The van der Waals surface area contributed by atoms with Crippen LogP contribution in [0.3, 0.4) is 0 Å². The maximum absolute atomic E-state index is 12.1. The van der Waals surface area contributed by atoms with Gasteiger partial charge in [-0.15, -0.1) is 0 Å². The van der Waals surface area contributed by atoms with E-state index in [2.05, 4.69) is 51.2 Å². The van der Waals surface area contributed by atoms with Crippen LogP contribution >= 0.6 is 11.8 Å². The number of aliphatic carboxylic acids is 2. The zero-order valence-corrected chi connectivity index (χ0v) is 20.6. The van der Waals surface area contributed by atoms with E-state index >= 15 is 0 Å². The third-order valence-corrected chi connectivity index (χ3v) is 6.10. The number of carboxylic acid groups (broad SMARTS) is 2. The monoisotopic (exact) mass is 453 g/mol. The number of nitrogens with one attached hydrogen (secondary N) is 1. The molecule has 0 aliphatic rings. The molecule has 0 radical (unpaired) electrons. The Balaban J connectivity index is 4.41. The first-order chi connectivity index (χ1) is 14.5. The highest BCUT2D eigenvalue weighted by Gasteiger charge is 2.29. The first-order valence-electron chi connectivity index (χ1n) is 10.7. The van der Waals surface area contributed by atoms with Crippen molar-refractivity contribution in [2.24, 2.45) is 11.8 Å². The molecular weight excluding hydrogens is 414 g/mol. The van der Waals surface area contributed by atoms with Crippen molar-refractivity contribution in [3.05, 3.63) is 34.9 Å². The molecule has 0 rings (SSSR count). The average Bonchev–Trinajstić information content (AvgIpc) is 2.68. The molecular formula is C24H39NO5S. The van der Waals surface area contributed by atoms with E-state index in [1.165, 1.54) is 42.3 Å². The normalized spacial score (nSPS) is 15.0. The van der Waals surface area contributed by atoms with Crippen molar-refractivity contribution >= 4 is 29.6 Å². The molecule has 0 saturated carbocycles. The Morgan fingerprint density at radius 1 is 0.839 bits per heavy atom. The number of carbonyl (C=O) groups excluding carboxylic acids is 1. The Kier molecular flexibility index (Phi) is 14.7. The summed E-state index contributed by atoms with van der Waals surface area (Å²) >= 11 is 1.43. The minimum absolute atomic E-state index is 0.225. The van der Waals surface area contributed by atoms with Crippen molar-refractivity contribution < 1.29 is 24.6 Å². The molecule has 31 heavy (non-hydrogen) atoms. The molecule has 0 spiro atoms. The second-order valence-corrected chi connectivity index (χ2v) is 9.39. The number of amides is 1. The molecule has 3 atom stereocenters. The molecule has 0 saturated heterocycles. The Bertz CT molecular complexity index is 692. The van der Waals surface area contributed by atoms with E-state index in [1.54, 1.807) is 0 Å². The van der Waals surface area contributed by atoms with Gasteiger partial charge in [0, 0.05) is 17.4 Å². The smallest absolute Gasteiger partial charge is 0.327 e. The fraction of sp³-hybridized carbons (Fsp3) is 0.625. The fourth-order valence-electron chi connectivity index (χ4n) is 2.64. The fourth-order valence-corrected chi connectivity index (χ4v) is 3.64. The van der Waals surface area contributed by atoms with Gasteiger partial charge >= 0.3 is 11.9 Å². The number of carboxylic acids is 2. The lowest BCUT2D eigenvalue weighted by atomic mass is 9.95. The van der Waals surface area contributed by atoms with Gasteiger partial charge in [-0.3, -0.25) is 9.59 Å². The highest BCUT2D eigenvalue weighted by Crippen LogP contribution is 2.14. The van der Waals surface area contributed by atoms with Crippen LogP contribution in [0.1, 0.15) is 67.2 Å². The van der Waals surface area contributed by atoms with Crippen LogP contribution in [0.15, 0.2) is 34.9 Å². The summed E-state index contributed by atoms with van der Waals surface area (Å²) in [6.45, 7) is 11.4. The molecule has 3 N–H and O–H groups in total. The van der Waals surface area contributed by atoms with Gasteiger partial charge in [0.15, 0.2) is 0 Å². The zero-order chi connectivity index (χ0) is 24.0. The topological polar surface area (TPSA) is 104 Å². The summed E-state index contributed by atoms with van der Waals surface area (Å²) in [5.74, 6) is -3.55. The van der Waals surface area contributed by atoms with Gasteiger partial charge in [-0.1, -0.05) is 48.8 Å². The molecule has 7 heteroatoms. The molecule has 0 aromatic carbocycles. The summed E-state index contributed by atoms with van der Waals surface area (Å²) in [7, 11) is 0. The lowest BCUT2D eigenvalue weighted by Crippen LogP contribution is -2.46. The Hall–Kier alpha value is -2.02. The molecule has 0 aromatic heterocycles. The molecule has 0 bridgehead atoms. The Labute approximate surface area is 191 Å². The summed E-state index contributed by atoms with van der Waals surface area (Å²) < 4.78 is 0. The van der Waals surface area contributed by atoms with E-state index in [1.807, 2.05) is 0 Å². The van der Waals surface area contributed by atoms with Crippen LogP contribution in [-0.4, -0.2) is 45.6 Å². The standard InChI is InChI=1S/C24H39NO5S/c1-16(2)9-7-10-17(3)11-8-12-18(4)13-14-31-15-21(24(29)30)25-22(26)19(5)20(6)23(27)28/h9,11,13,19-21H,7-8,10,12,14-15H2,1-6H3,(H,25,26)(H,27,28)(H,29,30)/b17-11+,18-13+/t19-,20+,21+/m1/s1. The van der Waals surface area contributed by atoms with Crippen molar-refractivity contribution in [1.82, 2.24) is 5.32 Å². The summed E-state index contributed by atoms with van der Waals surface area (Å²) in [6, 6.07) is -1.04. The molecule has 0 aromatic rings. The van der Waals surface area contributed by atoms with E-state index in [-0.39, 0.29) is 5.75 Å². The van der Waals surface area contributed by atoms with Crippen LogP contribution in [0.5, 0.6) is 0 Å². The summed E-state index contributed by atoms with van der Waals surface area (Å²) in [6.07, 6.45) is 10.7. The highest BCUT2D eigenvalue weighted by molar-refractivity contribution is 7.99.